The fraction of sp³-hybridized carbons (Fsp3) is 0.0769. The number of benzene rings is 1. The lowest BCUT2D eigenvalue weighted by atomic mass is 10.3. The minimum absolute atomic E-state index is 0.307. The van der Waals surface area contributed by atoms with Gasteiger partial charge in [0.1, 0.15) is 5.82 Å². The van der Waals surface area contributed by atoms with Gasteiger partial charge < -0.3 is 15.5 Å². The predicted molar refractivity (Wildman–Crippen MR) is 79.0 cm³/mol. The van der Waals surface area contributed by atoms with E-state index in [0.717, 1.165) is 0 Å². The van der Waals surface area contributed by atoms with E-state index in [-0.39, 0.29) is 0 Å². The number of fused-ring (bicyclic) bond motifs is 1. The zero-order valence-electron chi connectivity index (χ0n) is 10.7. The molecule has 0 unspecified atom stereocenters. The van der Waals surface area contributed by atoms with Crippen LogP contribution in [0.2, 0.25) is 0 Å². The molecule has 3 aromatic rings. The van der Waals surface area contributed by atoms with Gasteiger partial charge in [0, 0.05) is 17.3 Å². The molecule has 1 aromatic carbocycles. The third kappa shape index (κ3) is 2.89. The van der Waals surface area contributed by atoms with Crippen LogP contribution in [0.5, 0.6) is 0 Å². The van der Waals surface area contributed by atoms with Gasteiger partial charge in [-0.1, -0.05) is 23.9 Å². The molecule has 0 saturated carbocycles. The average Bonchev–Trinajstić information content (AvgIpc) is 2.88. The number of rotatable bonds is 4. The van der Waals surface area contributed by atoms with Crippen LogP contribution < -0.4 is 11.1 Å². The Morgan fingerprint density at radius 1 is 1.29 bits per heavy atom. The van der Waals surface area contributed by atoms with Gasteiger partial charge in [-0.25, -0.2) is 9.97 Å². The van der Waals surface area contributed by atoms with E-state index in [1.807, 2.05) is 0 Å². The number of nitrogen functional groups attached to an aromatic ring is 1. The fourth-order valence-electron chi connectivity index (χ4n) is 1.93. The molecule has 0 aliphatic heterocycles. The highest BCUT2D eigenvalue weighted by molar-refractivity contribution is 7.99. The zero-order valence-corrected chi connectivity index (χ0v) is 11.5. The Kier molecular flexibility index (Phi) is 3.61. The Balaban J connectivity index is 2.01. The number of hydrogen-bond acceptors (Lipinski definition) is 5. The van der Waals surface area contributed by atoms with Crippen LogP contribution >= 0.6 is 11.8 Å². The summed E-state index contributed by atoms with van der Waals surface area (Å²) in [6.45, 7) is 0. The first-order chi connectivity index (χ1) is 10.1. The van der Waals surface area contributed by atoms with E-state index < -0.39 is 5.76 Å². The number of thioether (sulfide) groups is 1. The summed E-state index contributed by atoms with van der Waals surface area (Å²) in [7, 11) is 0. The molecule has 0 atom stereocenters. The molecule has 2 heterocycles. The van der Waals surface area contributed by atoms with E-state index in [2.05, 4.69) is 15.3 Å². The van der Waals surface area contributed by atoms with Gasteiger partial charge in [-0.05, 0) is 12.1 Å². The van der Waals surface area contributed by atoms with Crippen molar-refractivity contribution in [1.29, 1.82) is 0 Å². The summed E-state index contributed by atoms with van der Waals surface area (Å²) in [6.07, 6.45) is 4.98. The Hall–Kier alpha value is -2.35. The minimum Gasteiger partial charge on any atom is -0.382 e. The number of aromatic nitrogens is 3. The molecule has 3 N–H and O–H groups in total. The number of halogens is 2. The molecule has 21 heavy (non-hydrogen) atoms. The van der Waals surface area contributed by atoms with Gasteiger partial charge in [-0.2, -0.15) is 8.78 Å². The lowest BCUT2D eigenvalue weighted by Gasteiger charge is -2.11. The molecule has 0 spiro atoms. The van der Waals surface area contributed by atoms with Crippen molar-refractivity contribution in [2.45, 2.75) is 10.7 Å². The topological polar surface area (TPSA) is 68.2 Å². The molecule has 0 fully saturated rings. The number of nitrogens with two attached hydrogens (primary N) is 1. The maximum atomic E-state index is 12.6. The lowest BCUT2D eigenvalue weighted by molar-refractivity contribution is 0.252. The molecule has 0 amide bonds. The highest BCUT2D eigenvalue weighted by Crippen LogP contribution is 2.33. The molecule has 5 nitrogen and oxygen atoms in total. The number of para-hydroxylation sites is 1. The summed E-state index contributed by atoms with van der Waals surface area (Å²) >= 11 is 0.474. The van der Waals surface area contributed by atoms with Gasteiger partial charge in [0.2, 0.25) is 0 Å². The smallest absolute Gasteiger partial charge is 0.288 e. The van der Waals surface area contributed by atoms with Gasteiger partial charge in [-0.3, -0.25) is 0 Å². The highest BCUT2D eigenvalue weighted by atomic mass is 32.2. The van der Waals surface area contributed by atoms with Gasteiger partial charge in [-0.15, -0.1) is 0 Å². The Morgan fingerprint density at radius 2 is 2.10 bits per heavy atom. The van der Waals surface area contributed by atoms with Crippen LogP contribution in [0.15, 0.2) is 47.8 Å². The van der Waals surface area contributed by atoms with E-state index in [9.17, 15) is 8.78 Å². The van der Waals surface area contributed by atoms with Crippen LogP contribution in [0.3, 0.4) is 0 Å². The maximum absolute atomic E-state index is 12.6. The first-order valence-electron chi connectivity index (χ1n) is 6.03. The third-order valence-corrected chi connectivity index (χ3v) is 3.54. The first-order valence-corrected chi connectivity index (χ1v) is 6.91. The number of alkyl halides is 2. The van der Waals surface area contributed by atoms with Crippen LogP contribution in [-0.4, -0.2) is 20.1 Å². The molecule has 108 valence electrons. The maximum Gasteiger partial charge on any atom is 0.288 e. The summed E-state index contributed by atoms with van der Waals surface area (Å²) in [4.78, 5) is 8.78. The van der Waals surface area contributed by atoms with Crippen LogP contribution in [0.25, 0.3) is 5.65 Å². The summed E-state index contributed by atoms with van der Waals surface area (Å²) in [6, 6.07) is 6.78. The SMILES string of the molecule is Nc1cn2ccnc2c(Nc2ccccc2SC(F)F)n1. The Morgan fingerprint density at radius 3 is 2.90 bits per heavy atom. The molecule has 8 heteroatoms. The van der Waals surface area contributed by atoms with Crippen LogP contribution in [0.1, 0.15) is 0 Å². The number of nitrogens with one attached hydrogen (secondary N) is 1. The van der Waals surface area contributed by atoms with Crippen molar-refractivity contribution in [3.05, 3.63) is 42.9 Å². The molecule has 0 radical (unpaired) electrons. The summed E-state index contributed by atoms with van der Waals surface area (Å²) < 4.78 is 26.9. The second-order valence-electron chi connectivity index (χ2n) is 4.17. The van der Waals surface area contributed by atoms with E-state index in [1.165, 1.54) is 0 Å². The Labute approximate surface area is 123 Å². The monoisotopic (exact) mass is 307 g/mol. The molecule has 0 aliphatic carbocycles. The van der Waals surface area contributed by atoms with Crippen LogP contribution in [0, 0.1) is 0 Å². The van der Waals surface area contributed by atoms with E-state index in [4.69, 9.17) is 5.73 Å². The van der Waals surface area contributed by atoms with Crippen molar-refractivity contribution in [2.24, 2.45) is 0 Å². The molecule has 2 aromatic heterocycles. The van der Waals surface area contributed by atoms with Crippen molar-refractivity contribution in [3.8, 4) is 0 Å². The number of anilines is 3. The standard InChI is InChI=1S/C13H11F2N5S/c14-13(15)21-9-4-2-1-3-8(9)18-11-12-17-5-6-20(12)7-10(16)19-11/h1-7,13H,16H2,(H,18,19). The average molecular weight is 307 g/mol. The van der Waals surface area contributed by atoms with Crippen LogP contribution in [0.4, 0.5) is 26.1 Å². The van der Waals surface area contributed by atoms with Crippen molar-refractivity contribution in [1.82, 2.24) is 14.4 Å². The van der Waals surface area contributed by atoms with Crippen molar-refractivity contribution < 1.29 is 8.78 Å². The number of nitrogens with zero attached hydrogens (tertiary/aromatic N) is 3. The second kappa shape index (κ2) is 5.57. The lowest BCUT2D eigenvalue weighted by Crippen LogP contribution is -2.02. The quantitative estimate of drug-likeness (QED) is 0.723. The predicted octanol–water partition coefficient (Wildman–Crippen LogP) is 3.37. The number of hydrogen-bond donors (Lipinski definition) is 2. The summed E-state index contributed by atoms with van der Waals surface area (Å²) in [5.74, 6) is -1.77. The van der Waals surface area contributed by atoms with Gasteiger partial charge in [0.25, 0.3) is 5.76 Å². The largest absolute Gasteiger partial charge is 0.382 e. The normalized spacial score (nSPS) is 11.2. The summed E-state index contributed by atoms with van der Waals surface area (Å²) in [5.41, 5.74) is 6.83. The molecule has 0 aliphatic rings. The van der Waals surface area contributed by atoms with Gasteiger partial charge >= 0.3 is 0 Å². The van der Waals surface area contributed by atoms with Crippen LogP contribution in [-0.2, 0) is 0 Å². The summed E-state index contributed by atoms with van der Waals surface area (Å²) in [5, 5.41) is 3.02. The van der Waals surface area contributed by atoms with E-state index in [1.54, 1.807) is 47.3 Å². The fourth-order valence-corrected chi connectivity index (χ4v) is 2.53. The molecular formula is C13H11F2N5S. The Bertz CT molecular complexity index is 774. The first kappa shape index (κ1) is 13.6. The second-order valence-corrected chi connectivity index (χ2v) is 5.20. The molecule has 0 bridgehead atoms. The van der Waals surface area contributed by atoms with E-state index >= 15 is 0 Å². The molecule has 3 rings (SSSR count). The van der Waals surface area contributed by atoms with E-state index in [0.29, 0.717) is 39.6 Å². The van der Waals surface area contributed by atoms with Gasteiger partial charge in [0.05, 0.1) is 11.9 Å². The van der Waals surface area contributed by atoms with Crippen molar-refractivity contribution in [3.63, 3.8) is 0 Å². The zero-order chi connectivity index (χ0) is 14.8. The molecule has 0 saturated heterocycles. The highest BCUT2D eigenvalue weighted by Gasteiger charge is 2.12. The number of imidazole rings is 1. The molecular weight excluding hydrogens is 296 g/mol. The van der Waals surface area contributed by atoms with Crippen molar-refractivity contribution >= 4 is 34.7 Å². The minimum atomic E-state index is -2.49. The third-order valence-electron chi connectivity index (χ3n) is 2.75. The van der Waals surface area contributed by atoms with Crippen molar-refractivity contribution in [2.75, 3.05) is 11.1 Å². The van der Waals surface area contributed by atoms with Gasteiger partial charge in [0.15, 0.2) is 11.5 Å².